The third kappa shape index (κ3) is 5.14. The van der Waals surface area contributed by atoms with Crippen LogP contribution in [0.15, 0.2) is 11.6 Å². The highest BCUT2D eigenvalue weighted by molar-refractivity contribution is 6.15. The van der Waals surface area contributed by atoms with Crippen molar-refractivity contribution in [2.45, 2.75) is 78.9 Å². The van der Waals surface area contributed by atoms with Crippen molar-refractivity contribution in [2.24, 2.45) is 17.8 Å². The number of rotatable bonds is 7. The highest BCUT2D eigenvalue weighted by Gasteiger charge is 2.35. The van der Waals surface area contributed by atoms with Gasteiger partial charge in [0.05, 0.1) is 11.7 Å². The Balaban J connectivity index is 1.86. The summed E-state index contributed by atoms with van der Waals surface area (Å²) in [4.78, 5) is 36.7. The van der Waals surface area contributed by atoms with Crippen LogP contribution in [0.1, 0.15) is 67.2 Å². The minimum Gasteiger partial charge on any atom is -0.275 e. The zero-order valence-electron chi connectivity index (χ0n) is 16.5. The molecule has 0 spiro atoms. The molecular formula is C20H33NO4. The number of amides is 2. The average Bonchev–Trinajstić information content (AvgIpc) is 2.76. The topological polar surface area (TPSA) is 55.8 Å². The van der Waals surface area contributed by atoms with E-state index in [1.807, 2.05) is 13.8 Å². The van der Waals surface area contributed by atoms with Crippen LogP contribution in [0.2, 0.25) is 0 Å². The number of imide groups is 1. The largest absolute Gasteiger partial charge is 0.275 e. The monoisotopic (exact) mass is 351 g/mol. The Morgan fingerprint density at radius 2 is 1.96 bits per heavy atom. The fourth-order valence-electron chi connectivity index (χ4n) is 3.69. The summed E-state index contributed by atoms with van der Waals surface area (Å²) in [5.41, 5.74) is -0.0600. The molecule has 1 aliphatic heterocycles. The maximum Gasteiger partial charge on any atom is 0.256 e. The van der Waals surface area contributed by atoms with Crippen molar-refractivity contribution in [1.82, 2.24) is 4.90 Å². The van der Waals surface area contributed by atoms with Gasteiger partial charge in [-0.1, -0.05) is 27.2 Å². The van der Waals surface area contributed by atoms with E-state index in [0.29, 0.717) is 36.3 Å². The average molecular weight is 351 g/mol. The van der Waals surface area contributed by atoms with Crippen molar-refractivity contribution < 1.29 is 19.4 Å². The minimum absolute atomic E-state index is 0.113. The summed E-state index contributed by atoms with van der Waals surface area (Å²) in [5, 5.41) is 0. The first-order valence-corrected chi connectivity index (χ1v) is 9.49. The molecule has 1 saturated carbocycles. The molecule has 0 saturated heterocycles. The summed E-state index contributed by atoms with van der Waals surface area (Å²) >= 11 is 0. The molecule has 2 rings (SSSR count). The zero-order chi connectivity index (χ0) is 18.8. The molecule has 3 unspecified atom stereocenters. The smallest absolute Gasteiger partial charge is 0.256 e. The third-order valence-corrected chi connectivity index (χ3v) is 5.48. The van der Waals surface area contributed by atoms with E-state index in [1.54, 1.807) is 6.92 Å². The highest BCUT2D eigenvalue weighted by Crippen LogP contribution is 2.36. The zero-order valence-corrected chi connectivity index (χ0v) is 16.5. The number of nitrogens with zero attached hydrogens (tertiary/aromatic N) is 1. The molecule has 0 aromatic heterocycles. The third-order valence-electron chi connectivity index (χ3n) is 5.48. The Kier molecular flexibility index (Phi) is 6.44. The van der Waals surface area contributed by atoms with Crippen LogP contribution in [-0.4, -0.2) is 35.0 Å². The summed E-state index contributed by atoms with van der Waals surface area (Å²) < 4.78 is 0. The standard InChI is InChI=1S/C20H33NO4/c1-13(2)16-8-7-14(3)11-17(16)24-25-20(5,6)9-10-21-18(22)12-15(4)19(21)23/h12-14,16-17H,7-11H2,1-6H3. The number of hydrogen-bond donors (Lipinski definition) is 0. The van der Waals surface area contributed by atoms with Gasteiger partial charge in [-0.2, -0.15) is 0 Å². The first-order chi connectivity index (χ1) is 11.6. The Bertz CT molecular complexity index is 538. The van der Waals surface area contributed by atoms with Crippen LogP contribution in [0.25, 0.3) is 0 Å². The molecule has 0 aromatic rings. The van der Waals surface area contributed by atoms with E-state index in [-0.39, 0.29) is 17.9 Å². The maximum atomic E-state index is 12.0. The maximum absolute atomic E-state index is 12.0. The van der Waals surface area contributed by atoms with E-state index < -0.39 is 5.60 Å². The molecule has 2 amide bonds. The van der Waals surface area contributed by atoms with Crippen LogP contribution < -0.4 is 0 Å². The van der Waals surface area contributed by atoms with Crippen molar-refractivity contribution in [1.29, 1.82) is 0 Å². The number of carbonyl (C=O) groups excluding carboxylic acids is 2. The molecule has 1 fully saturated rings. The molecular weight excluding hydrogens is 318 g/mol. The lowest BCUT2D eigenvalue weighted by Crippen LogP contribution is -2.40. The lowest BCUT2D eigenvalue weighted by molar-refractivity contribution is -0.391. The highest BCUT2D eigenvalue weighted by atomic mass is 17.2. The van der Waals surface area contributed by atoms with E-state index in [2.05, 4.69) is 20.8 Å². The van der Waals surface area contributed by atoms with Gasteiger partial charge >= 0.3 is 0 Å². The van der Waals surface area contributed by atoms with Crippen molar-refractivity contribution in [3.63, 3.8) is 0 Å². The Labute approximate surface area is 151 Å². The molecule has 1 heterocycles. The second kappa shape index (κ2) is 8.00. The van der Waals surface area contributed by atoms with Gasteiger partial charge in [0, 0.05) is 18.2 Å². The molecule has 0 bridgehead atoms. The van der Waals surface area contributed by atoms with E-state index in [1.165, 1.54) is 23.8 Å². The molecule has 0 radical (unpaired) electrons. The normalized spacial score (nSPS) is 28.0. The summed E-state index contributed by atoms with van der Waals surface area (Å²) in [6.45, 7) is 12.6. The van der Waals surface area contributed by atoms with Gasteiger partial charge in [-0.3, -0.25) is 14.5 Å². The van der Waals surface area contributed by atoms with Gasteiger partial charge in [0.15, 0.2) is 0 Å². The molecule has 0 aromatic carbocycles. The second-order valence-electron chi connectivity index (χ2n) is 8.68. The summed E-state index contributed by atoms with van der Waals surface area (Å²) in [6, 6.07) is 0. The van der Waals surface area contributed by atoms with Gasteiger partial charge in [-0.25, -0.2) is 9.78 Å². The van der Waals surface area contributed by atoms with Crippen molar-refractivity contribution in [3.8, 4) is 0 Å². The van der Waals surface area contributed by atoms with E-state index >= 15 is 0 Å². The van der Waals surface area contributed by atoms with Crippen LogP contribution in [0.4, 0.5) is 0 Å². The van der Waals surface area contributed by atoms with Crippen LogP contribution in [-0.2, 0) is 19.4 Å². The van der Waals surface area contributed by atoms with Gasteiger partial charge in [0.25, 0.3) is 11.8 Å². The van der Waals surface area contributed by atoms with Crippen LogP contribution in [0, 0.1) is 17.8 Å². The summed E-state index contributed by atoms with van der Waals surface area (Å²) in [5.74, 6) is 1.29. The van der Waals surface area contributed by atoms with Crippen LogP contribution in [0.3, 0.4) is 0 Å². The molecule has 142 valence electrons. The molecule has 5 heteroatoms. The summed E-state index contributed by atoms with van der Waals surface area (Å²) in [7, 11) is 0. The van der Waals surface area contributed by atoms with Crippen molar-refractivity contribution in [2.75, 3.05) is 6.54 Å². The fraction of sp³-hybridized carbons (Fsp3) is 0.800. The molecule has 2 aliphatic rings. The predicted octanol–water partition coefficient (Wildman–Crippen LogP) is 3.88. The van der Waals surface area contributed by atoms with Gasteiger partial charge < -0.3 is 0 Å². The Hall–Kier alpha value is -1.20. The fourth-order valence-corrected chi connectivity index (χ4v) is 3.69. The lowest BCUT2D eigenvalue weighted by atomic mass is 9.75. The first kappa shape index (κ1) is 20.1. The first-order valence-electron chi connectivity index (χ1n) is 9.49. The van der Waals surface area contributed by atoms with E-state index in [4.69, 9.17) is 9.78 Å². The van der Waals surface area contributed by atoms with Crippen LogP contribution in [0.5, 0.6) is 0 Å². The van der Waals surface area contributed by atoms with E-state index in [0.717, 1.165) is 6.42 Å². The Morgan fingerprint density at radius 3 is 2.52 bits per heavy atom. The molecule has 3 atom stereocenters. The van der Waals surface area contributed by atoms with Crippen molar-refractivity contribution >= 4 is 11.8 Å². The van der Waals surface area contributed by atoms with Gasteiger partial charge in [-0.15, -0.1) is 0 Å². The predicted molar refractivity (Wildman–Crippen MR) is 96.5 cm³/mol. The van der Waals surface area contributed by atoms with Gasteiger partial charge in [0.2, 0.25) is 0 Å². The number of hydrogen-bond acceptors (Lipinski definition) is 4. The quantitative estimate of drug-likeness (QED) is 0.397. The molecule has 5 nitrogen and oxygen atoms in total. The van der Waals surface area contributed by atoms with E-state index in [9.17, 15) is 9.59 Å². The molecule has 0 N–H and O–H groups in total. The van der Waals surface area contributed by atoms with Crippen LogP contribution >= 0.6 is 0 Å². The number of carbonyl (C=O) groups is 2. The molecule has 25 heavy (non-hydrogen) atoms. The van der Waals surface area contributed by atoms with Gasteiger partial charge in [0.1, 0.15) is 0 Å². The molecule has 1 aliphatic carbocycles. The van der Waals surface area contributed by atoms with Crippen molar-refractivity contribution in [3.05, 3.63) is 11.6 Å². The second-order valence-corrected chi connectivity index (χ2v) is 8.68. The summed E-state index contributed by atoms with van der Waals surface area (Å²) in [6.07, 6.45) is 5.49. The lowest BCUT2D eigenvalue weighted by Gasteiger charge is -2.38. The minimum atomic E-state index is -0.556. The SMILES string of the molecule is CC1=CC(=O)N(CCC(C)(C)OOC2CC(C)CCC2C(C)C)C1=O. The Morgan fingerprint density at radius 1 is 1.28 bits per heavy atom. The van der Waals surface area contributed by atoms with Gasteiger partial charge in [-0.05, 0) is 57.8 Å².